The number of nitrogens with one attached hydrogen (secondary N) is 1. The lowest BCUT2D eigenvalue weighted by molar-refractivity contribution is -0.386. The van der Waals surface area contributed by atoms with Crippen LogP contribution in [-0.2, 0) is 0 Å². The zero-order valence-corrected chi connectivity index (χ0v) is 10.2. The molecule has 1 aliphatic rings. The van der Waals surface area contributed by atoms with Gasteiger partial charge < -0.3 is 14.8 Å². The summed E-state index contributed by atoms with van der Waals surface area (Å²) in [6.45, 7) is 1.77. The minimum Gasteiger partial charge on any atom is -0.496 e. The molecule has 0 bridgehead atoms. The number of benzene rings is 1. The van der Waals surface area contributed by atoms with Gasteiger partial charge in [0, 0.05) is 0 Å². The molecular formula is C12H16N2O4. The Hall–Kier alpha value is -1.82. The zero-order chi connectivity index (χ0) is 13.0. The second-order valence-corrected chi connectivity index (χ2v) is 4.16. The zero-order valence-electron chi connectivity index (χ0n) is 10.2. The van der Waals surface area contributed by atoms with Gasteiger partial charge in [0.1, 0.15) is 11.9 Å². The average molecular weight is 252 g/mol. The molecule has 0 atom stereocenters. The van der Waals surface area contributed by atoms with Crippen LogP contribution in [0.2, 0.25) is 0 Å². The Morgan fingerprint density at radius 3 is 2.72 bits per heavy atom. The summed E-state index contributed by atoms with van der Waals surface area (Å²) in [6.07, 6.45) is 1.77. The van der Waals surface area contributed by atoms with Crippen LogP contribution in [0.5, 0.6) is 11.5 Å². The van der Waals surface area contributed by atoms with E-state index in [0.717, 1.165) is 25.9 Å². The van der Waals surface area contributed by atoms with Gasteiger partial charge in [0.25, 0.3) is 0 Å². The molecule has 1 aliphatic heterocycles. The Morgan fingerprint density at radius 1 is 1.39 bits per heavy atom. The van der Waals surface area contributed by atoms with E-state index in [1.807, 2.05) is 0 Å². The van der Waals surface area contributed by atoms with E-state index >= 15 is 0 Å². The van der Waals surface area contributed by atoms with Crippen molar-refractivity contribution in [2.75, 3.05) is 20.2 Å². The van der Waals surface area contributed by atoms with Crippen LogP contribution in [0.15, 0.2) is 18.2 Å². The maximum absolute atomic E-state index is 11.0. The van der Waals surface area contributed by atoms with E-state index in [9.17, 15) is 10.1 Å². The Morgan fingerprint density at radius 2 is 2.11 bits per heavy atom. The summed E-state index contributed by atoms with van der Waals surface area (Å²) in [7, 11) is 1.48. The summed E-state index contributed by atoms with van der Waals surface area (Å²) in [4.78, 5) is 10.5. The molecule has 2 rings (SSSR count). The predicted molar refractivity (Wildman–Crippen MR) is 66.2 cm³/mol. The van der Waals surface area contributed by atoms with Crippen molar-refractivity contribution in [3.8, 4) is 11.5 Å². The number of nitro benzene ring substituents is 1. The van der Waals surface area contributed by atoms with Crippen molar-refractivity contribution in [2.45, 2.75) is 18.9 Å². The summed E-state index contributed by atoms with van der Waals surface area (Å²) >= 11 is 0. The lowest BCUT2D eigenvalue weighted by Gasteiger charge is -2.23. The first-order chi connectivity index (χ1) is 8.70. The van der Waals surface area contributed by atoms with Crippen LogP contribution in [0.3, 0.4) is 0 Å². The van der Waals surface area contributed by atoms with Crippen LogP contribution in [-0.4, -0.2) is 31.2 Å². The summed E-state index contributed by atoms with van der Waals surface area (Å²) in [5, 5.41) is 14.2. The minimum absolute atomic E-state index is 0.0401. The van der Waals surface area contributed by atoms with Gasteiger partial charge in [-0.2, -0.15) is 0 Å². The summed E-state index contributed by atoms with van der Waals surface area (Å²) in [5.74, 6) is 0.770. The number of nitro groups is 1. The molecule has 0 radical (unpaired) electrons. The fourth-order valence-corrected chi connectivity index (χ4v) is 1.96. The van der Waals surface area contributed by atoms with Crippen LogP contribution < -0.4 is 14.8 Å². The molecule has 0 unspecified atom stereocenters. The lowest BCUT2D eigenvalue weighted by Crippen LogP contribution is -2.34. The second-order valence-electron chi connectivity index (χ2n) is 4.16. The highest BCUT2D eigenvalue weighted by Crippen LogP contribution is 2.32. The SMILES string of the molecule is COc1ccc(OC2CCNCC2)c([N+](=O)[O-])c1. The molecule has 6 heteroatoms. The second kappa shape index (κ2) is 5.68. The average Bonchev–Trinajstić information content (AvgIpc) is 2.40. The Kier molecular flexibility index (Phi) is 3.99. The third kappa shape index (κ3) is 2.89. The monoisotopic (exact) mass is 252 g/mol. The van der Waals surface area contributed by atoms with E-state index in [0.29, 0.717) is 11.5 Å². The van der Waals surface area contributed by atoms with Crippen molar-refractivity contribution >= 4 is 5.69 Å². The molecule has 1 heterocycles. The van der Waals surface area contributed by atoms with Gasteiger partial charge in [0.05, 0.1) is 18.1 Å². The smallest absolute Gasteiger partial charge is 0.314 e. The summed E-state index contributed by atoms with van der Waals surface area (Å²) in [5.41, 5.74) is -0.0483. The van der Waals surface area contributed by atoms with Crippen molar-refractivity contribution < 1.29 is 14.4 Å². The number of ether oxygens (including phenoxy) is 2. The van der Waals surface area contributed by atoms with Gasteiger partial charge in [-0.3, -0.25) is 10.1 Å². The standard InChI is InChI=1S/C12H16N2O4/c1-17-10-2-3-12(11(8-10)14(15)16)18-9-4-6-13-7-5-9/h2-3,8-9,13H,4-7H2,1H3. The molecule has 1 saturated heterocycles. The highest BCUT2D eigenvalue weighted by Gasteiger charge is 2.21. The Bertz CT molecular complexity index is 430. The van der Waals surface area contributed by atoms with Crippen molar-refractivity contribution in [3.63, 3.8) is 0 Å². The highest BCUT2D eigenvalue weighted by molar-refractivity contribution is 5.51. The number of nitrogens with zero attached hydrogens (tertiary/aromatic N) is 1. The molecule has 0 aliphatic carbocycles. The van der Waals surface area contributed by atoms with Crippen LogP contribution in [0, 0.1) is 10.1 Å². The van der Waals surface area contributed by atoms with Crippen molar-refractivity contribution in [2.24, 2.45) is 0 Å². The fourth-order valence-electron chi connectivity index (χ4n) is 1.96. The van der Waals surface area contributed by atoms with Gasteiger partial charge in [0.2, 0.25) is 0 Å². The third-order valence-corrected chi connectivity index (χ3v) is 2.94. The topological polar surface area (TPSA) is 73.6 Å². The summed E-state index contributed by atoms with van der Waals surface area (Å²) < 4.78 is 10.7. The molecule has 1 fully saturated rings. The van der Waals surface area contributed by atoms with E-state index in [-0.39, 0.29) is 11.8 Å². The molecule has 18 heavy (non-hydrogen) atoms. The van der Waals surface area contributed by atoms with Gasteiger partial charge >= 0.3 is 5.69 Å². The van der Waals surface area contributed by atoms with Crippen LogP contribution in [0.4, 0.5) is 5.69 Å². The molecule has 98 valence electrons. The molecular weight excluding hydrogens is 236 g/mol. The van der Waals surface area contributed by atoms with Crippen LogP contribution >= 0.6 is 0 Å². The molecule has 0 aromatic heterocycles. The van der Waals surface area contributed by atoms with E-state index in [4.69, 9.17) is 9.47 Å². The molecule has 1 N–H and O–H groups in total. The first-order valence-corrected chi connectivity index (χ1v) is 5.90. The Labute approximate surface area is 105 Å². The van der Waals surface area contributed by atoms with Crippen molar-refractivity contribution in [1.82, 2.24) is 5.32 Å². The van der Waals surface area contributed by atoms with Crippen LogP contribution in [0.25, 0.3) is 0 Å². The van der Waals surface area contributed by atoms with Gasteiger partial charge in [-0.05, 0) is 38.1 Å². The molecule has 6 nitrogen and oxygen atoms in total. The lowest BCUT2D eigenvalue weighted by atomic mass is 10.1. The van der Waals surface area contributed by atoms with Crippen molar-refractivity contribution in [1.29, 1.82) is 0 Å². The van der Waals surface area contributed by atoms with E-state index in [2.05, 4.69) is 5.32 Å². The number of rotatable bonds is 4. The molecule has 1 aromatic carbocycles. The van der Waals surface area contributed by atoms with Crippen LogP contribution in [0.1, 0.15) is 12.8 Å². The number of piperidine rings is 1. The Balaban J connectivity index is 2.17. The predicted octanol–water partition coefficient (Wildman–Crippen LogP) is 1.73. The summed E-state index contributed by atoms with van der Waals surface area (Å²) in [6, 6.07) is 4.65. The molecule has 1 aromatic rings. The largest absolute Gasteiger partial charge is 0.496 e. The van der Waals surface area contributed by atoms with Crippen molar-refractivity contribution in [3.05, 3.63) is 28.3 Å². The maximum Gasteiger partial charge on any atom is 0.314 e. The highest BCUT2D eigenvalue weighted by atomic mass is 16.6. The normalized spacial score (nSPS) is 16.3. The molecule has 0 amide bonds. The molecule has 0 saturated carbocycles. The van der Waals surface area contributed by atoms with Gasteiger partial charge in [-0.25, -0.2) is 0 Å². The number of hydrogen-bond donors (Lipinski definition) is 1. The third-order valence-electron chi connectivity index (χ3n) is 2.94. The molecule has 0 spiro atoms. The van der Waals surface area contributed by atoms with Gasteiger partial charge in [-0.15, -0.1) is 0 Å². The van der Waals surface area contributed by atoms with Gasteiger partial charge in [0.15, 0.2) is 5.75 Å². The van der Waals surface area contributed by atoms with E-state index in [1.54, 1.807) is 12.1 Å². The van der Waals surface area contributed by atoms with Gasteiger partial charge in [-0.1, -0.05) is 0 Å². The van der Waals surface area contributed by atoms with E-state index < -0.39 is 4.92 Å². The minimum atomic E-state index is -0.446. The number of methoxy groups -OCH3 is 1. The van der Waals surface area contributed by atoms with E-state index in [1.165, 1.54) is 13.2 Å². The first kappa shape index (κ1) is 12.6. The quantitative estimate of drug-likeness (QED) is 0.652. The fraction of sp³-hybridized carbons (Fsp3) is 0.500. The number of hydrogen-bond acceptors (Lipinski definition) is 5. The first-order valence-electron chi connectivity index (χ1n) is 5.90. The maximum atomic E-state index is 11.0.